The number of rotatable bonds is 5. The third-order valence-corrected chi connectivity index (χ3v) is 3.76. The number of hydrogen-bond acceptors (Lipinski definition) is 2. The summed E-state index contributed by atoms with van der Waals surface area (Å²) in [4.78, 5) is 0. The van der Waals surface area contributed by atoms with Gasteiger partial charge in [0.1, 0.15) is 5.82 Å². The highest BCUT2D eigenvalue weighted by molar-refractivity contribution is 5.37. The normalized spacial score (nSPS) is 12.1. The number of aromatic nitrogens is 2. The molecule has 4 heteroatoms. The Morgan fingerprint density at radius 3 is 2.43 bits per heavy atom. The van der Waals surface area contributed by atoms with Crippen molar-refractivity contribution in [3.63, 3.8) is 0 Å². The molecule has 0 aliphatic heterocycles. The van der Waals surface area contributed by atoms with Crippen molar-refractivity contribution in [3.8, 4) is 0 Å². The van der Waals surface area contributed by atoms with E-state index in [1.54, 1.807) is 0 Å². The van der Waals surface area contributed by atoms with Crippen molar-refractivity contribution in [1.82, 2.24) is 15.1 Å². The standard InChI is InChI=1S/C17H24FN3/c1-12(2)19-10-13-11-21(5)20-16(13)17(3,4)14-6-8-15(18)9-7-14/h6-9,11-12,19H,10H2,1-5H3. The largest absolute Gasteiger partial charge is 0.310 e. The molecule has 0 bridgehead atoms. The molecule has 0 saturated carbocycles. The average Bonchev–Trinajstić information content (AvgIpc) is 2.79. The molecular formula is C17H24FN3. The Morgan fingerprint density at radius 2 is 1.86 bits per heavy atom. The van der Waals surface area contributed by atoms with Gasteiger partial charge in [0.2, 0.25) is 0 Å². The maximum Gasteiger partial charge on any atom is 0.123 e. The fourth-order valence-corrected chi connectivity index (χ4v) is 2.51. The molecule has 0 spiro atoms. The summed E-state index contributed by atoms with van der Waals surface area (Å²) < 4.78 is 15.0. The number of nitrogens with zero attached hydrogens (tertiary/aromatic N) is 2. The molecule has 0 atom stereocenters. The molecule has 21 heavy (non-hydrogen) atoms. The van der Waals surface area contributed by atoms with Crippen LogP contribution in [0.3, 0.4) is 0 Å². The molecule has 1 N–H and O–H groups in total. The zero-order valence-corrected chi connectivity index (χ0v) is 13.4. The third kappa shape index (κ3) is 3.50. The van der Waals surface area contributed by atoms with Crippen molar-refractivity contribution in [1.29, 1.82) is 0 Å². The minimum Gasteiger partial charge on any atom is -0.310 e. The number of hydrogen-bond donors (Lipinski definition) is 1. The Labute approximate surface area is 126 Å². The fraction of sp³-hybridized carbons (Fsp3) is 0.471. The molecule has 0 unspecified atom stereocenters. The highest BCUT2D eigenvalue weighted by atomic mass is 19.1. The minimum atomic E-state index is -0.261. The van der Waals surface area contributed by atoms with Crippen LogP contribution >= 0.6 is 0 Å². The van der Waals surface area contributed by atoms with E-state index in [-0.39, 0.29) is 11.2 Å². The number of aryl methyl sites for hydroxylation is 1. The van der Waals surface area contributed by atoms with Crippen molar-refractivity contribution >= 4 is 0 Å². The van der Waals surface area contributed by atoms with Crippen LogP contribution in [0.25, 0.3) is 0 Å². The maximum absolute atomic E-state index is 13.1. The van der Waals surface area contributed by atoms with Crippen LogP contribution in [-0.2, 0) is 19.0 Å². The summed E-state index contributed by atoms with van der Waals surface area (Å²) >= 11 is 0. The molecule has 3 nitrogen and oxygen atoms in total. The van der Waals surface area contributed by atoms with E-state index in [4.69, 9.17) is 0 Å². The van der Waals surface area contributed by atoms with Gasteiger partial charge in [-0.05, 0) is 17.7 Å². The molecule has 0 fully saturated rings. The molecule has 1 aromatic heterocycles. The lowest BCUT2D eigenvalue weighted by atomic mass is 9.80. The fourth-order valence-electron chi connectivity index (χ4n) is 2.51. The smallest absolute Gasteiger partial charge is 0.123 e. The van der Waals surface area contributed by atoms with Crippen molar-refractivity contribution in [2.45, 2.75) is 45.7 Å². The first-order chi connectivity index (χ1) is 9.80. The molecule has 1 heterocycles. The molecule has 0 aliphatic carbocycles. The van der Waals surface area contributed by atoms with Gasteiger partial charge in [-0.2, -0.15) is 5.10 Å². The van der Waals surface area contributed by atoms with E-state index in [1.165, 1.54) is 17.7 Å². The lowest BCUT2D eigenvalue weighted by molar-refractivity contribution is 0.559. The van der Waals surface area contributed by atoms with E-state index in [0.29, 0.717) is 6.04 Å². The van der Waals surface area contributed by atoms with Gasteiger partial charge in [-0.15, -0.1) is 0 Å². The maximum atomic E-state index is 13.1. The summed E-state index contributed by atoms with van der Waals surface area (Å²) in [5.41, 5.74) is 3.02. The second-order valence-electron chi connectivity index (χ2n) is 6.34. The Bertz CT molecular complexity index is 597. The predicted molar refractivity (Wildman–Crippen MR) is 83.7 cm³/mol. The van der Waals surface area contributed by atoms with Crippen LogP contribution in [0.2, 0.25) is 0 Å². The van der Waals surface area contributed by atoms with Crippen molar-refractivity contribution in [3.05, 3.63) is 53.1 Å². The van der Waals surface area contributed by atoms with Gasteiger partial charge in [0, 0.05) is 36.8 Å². The Hall–Kier alpha value is -1.68. The van der Waals surface area contributed by atoms with Crippen LogP contribution in [0.4, 0.5) is 4.39 Å². The SMILES string of the molecule is CC(C)NCc1cn(C)nc1C(C)(C)c1ccc(F)cc1. The highest BCUT2D eigenvalue weighted by Gasteiger charge is 2.29. The van der Waals surface area contributed by atoms with E-state index >= 15 is 0 Å². The van der Waals surface area contributed by atoms with Gasteiger partial charge in [-0.25, -0.2) is 4.39 Å². The van der Waals surface area contributed by atoms with Crippen LogP contribution in [0.15, 0.2) is 30.5 Å². The Morgan fingerprint density at radius 1 is 1.24 bits per heavy atom. The summed E-state index contributed by atoms with van der Waals surface area (Å²) in [6.45, 7) is 9.29. The number of nitrogens with one attached hydrogen (secondary N) is 1. The topological polar surface area (TPSA) is 29.9 Å². The third-order valence-electron chi connectivity index (χ3n) is 3.76. The first kappa shape index (κ1) is 15.7. The van der Waals surface area contributed by atoms with Gasteiger partial charge in [-0.1, -0.05) is 39.8 Å². The Kier molecular flexibility index (Phi) is 4.47. The minimum absolute atomic E-state index is 0.211. The molecule has 0 saturated heterocycles. The summed E-state index contributed by atoms with van der Waals surface area (Å²) in [7, 11) is 1.93. The van der Waals surface area contributed by atoms with Crippen LogP contribution < -0.4 is 5.32 Å². The van der Waals surface area contributed by atoms with Gasteiger partial charge in [0.05, 0.1) is 5.69 Å². The first-order valence-electron chi connectivity index (χ1n) is 7.33. The van der Waals surface area contributed by atoms with E-state index in [0.717, 1.165) is 17.8 Å². The monoisotopic (exact) mass is 289 g/mol. The zero-order valence-electron chi connectivity index (χ0n) is 13.4. The molecule has 2 rings (SSSR count). The summed E-state index contributed by atoms with van der Waals surface area (Å²) in [6.07, 6.45) is 2.05. The lowest BCUT2D eigenvalue weighted by Crippen LogP contribution is -2.26. The number of halogens is 1. The lowest BCUT2D eigenvalue weighted by Gasteiger charge is -2.25. The molecule has 1 aromatic carbocycles. The van der Waals surface area contributed by atoms with E-state index in [9.17, 15) is 4.39 Å². The van der Waals surface area contributed by atoms with Gasteiger partial charge in [-0.3, -0.25) is 4.68 Å². The highest BCUT2D eigenvalue weighted by Crippen LogP contribution is 2.32. The van der Waals surface area contributed by atoms with Gasteiger partial charge < -0.3 is 5.32 Å². The zero-order chi connectivity index (χ0) is 15.6. The van der Waals surface area contributed by atoms with Crippen molar-refractivity contribution < 1.29 is 4.39 Å². The van der Waals surface area contributed by atoms with E-state index in [2.05, 4.69) is 44.3 Å². The van der Waals surface area contributed by atoms with Crippen LogP contribution in [0.5, 0.6) is 0 Å². The van der Waals surface area contributed by atoms with Gasteiger partial charge >= 0.3 is 0 Å². The van der Waals surface area contributed by atoms with E-state index in [1.807, 2.05) is 23.9 Å². The molecule has 0 radical (unpaired) electrons. The van der Waals surface area contributed by atoms with Gasteiger partial charge in [0.25, 0.3) is 0 Å². The molecule has 0 amide bonds. The van der Waals surface area contributed by atoms with E-state index < -0.39 is 0 Å². The number of benzene rings is 1. The summed E-state index contributed by atoms with van der Waals surface area (Å²) in [6, 6.07) is 7.11. The van der Waals surface area contributed by atoms with Crippen LogP contribution in [-0.4, -0.2) is 15.8 Å². The Balaban J connectivity index is 2.37. The van der Waals surface area contributed by atoms with Crippen LogP contribution in [0.1, 0.15) is 44.5 Å². The summed E-state index contributed by atoms with van der Waals surface area (Å²) in [5.74, 6) is -0.211. The predicted octanol–water partition coefficient (Wildman–Crippen LogP) is 3.38. The second-order valence-corrected chi connectivity index (χ2v) is 6.34. The average molecular weight is 289 g/mol. The molecule has 2 aromatic rings. The second kappa shape index (κ2) is 5.98. The quantitative estimate of drug-likeness (QED) is 0.914. The molecule has 0 aliphatic rings. The molecule has 114 valence electrons. The first-order valence-corrected chi connectivity index (χ1v) is 7.33. The van der Waals surface area contributed by atoms with Crippen molar-refractivity contribution in [2.24, 2.45) is 7.05 Å². The van der Waals surface area contributed by atoms with Crippen LogP contribution in [0, 0.1) is 5.82 Å². The summed E-state index contributed by atoms with van der Waals surface area (Å²) in [5, 5.41) is 8.08. The van der Waals surface area contributed by atoms with Gasteiger partial charge in [0.15, 0.2) is 0 Å². The molecular weight excluding hydrogens is 265 g/mol. The van der Waals surface area contributed by atoms with Crippen molar-refractivity contribution in [2.75, 3.05) is 0 Å².